The Morgan fingerprint density at radius 1 is 1.25 bits per heavy atom. The third kappa shape index (κ3) is 4.14. The number of hydrogen-bond acceptors (Lipinski definition) is 3. The standard InChI is InChI=1S/C16H30N2OS/c1-11(2)8-14-16(19)18(10-13-6-5-7-20-13)15(17-14)9-12(3)4/h11-15,17H,5-10H2,1-4H3. The van der Waals surface area contributed by atoms with E-state index in [2.05, 4.69) is 37.9 Å². The summed E-state index contributed by atoms with van der Waals surface area (Å²) in [6, 6.07) is 0.0464. The first-order chi connectivity index (χ1) is 9.47. The third-order valence-electron chi connectivity index (χ3n) is 4.18. The molecule has 2 saturated heterocycles. The molecule has 0 bridgehead atoms. The van der Waals surface area contributed by atoms with E-state index in [1.54, 1.807) is 0 Å². The first-order valence-corrected chi connectivity index (χ1v) is 9.20. The van der Waals surface area contributed by atoms with Gasteiger partial charge in [-0.15, -0.1) is 0 Å². The van der Waals surface area contributed by atoms with Crippen molar-refractivity contribution in [2.24, 2.45) is 11.8 Å². The highest BCUT2D eigenvalue weighted by Gasteiger charge is 2.40. The van der Waals surface area contributed by atoms with Crippen LogP contribution in [0.1, 0.15) is 53.4 Å². The van der Waals surface area contributed by atoms with Gasteiger partial charge in [0.15, 0.2) is 0 Å². The van der Waals surface area contributed by atoms with Crippen LogP contribution in [0.25, 0.3) is 0 Å². The van der Waals surface area contributed by atoms with E-state index < -0.39 is 0 Å². The van der Waals surface area contributed by atoms with Crippen molar-refractivity contribution in [1.29, 1.82) is 0 Å². The highest BCUT2D eigenvalue weighted by Crippen LogP contribution is 2.30. The van der Waals surface area contributed by atoms with Gasteiger partial charge in [0.05, 0.1) is 12.2 Å². The molecule has 0 radical (unpaired) electrons. The molecule has 0 aliphatic carbocycles. The summed E-state index contributed by atoms with van der Waals surface area (Å²) in [5, 5.41) is 4.25. The van der Waals surface area contributed by atoms with Gasteiger partial charge in [-0.3, -0.25) is 10.1 Å². The Balaban J connectivity index is 2.00. The number of nitrogens with one attached hydrogen (secondary N) is 1. The van der Waals surface area contributed by atoms with Crippen LogP contribution in [0.15, 0.2) is 0 Å². The van der Waals surface area contributed by atoms with E-state index in [0.717, 1.165) is 19.4 Å². The minimum absolute atomic E-state index is 0.0464. The maximum absolute atomic E-state index is 12.7. The van der Waals surface area contributed by atoms with Crippen LogP contribution < -0.4 is 5.32 Å². The summed E-state index contributed by atoms with van der Waals surface area (Å²) in [6.45, 7) is 9.82. The Morgan fingerprint density at radius 3 is 2.50 bits per heavy atom. The van der Waals surface area contributed by atoms with Gasteiger partial charge in [-0.05, 0) is 43.3 Å². The molecule has 3 unspecified atom stereocenters. The van der Waals surface area contributed by atoms with Crippen molar-refractivity contribution in [2.75, 3.05) is 12.3 Å². The molecule has 0 aromatic carbocycles. The second-order valence-corrected chi connectivity index (χ2v) is 8.53. The van der Waals surface area contributed by atoms with Gasteiger partial charge in [0.1, 0.15) is 0 Å². The highest BCUT2D eigenvalue weighted by molar-refractivity contribution is 8.00. The van der Waals surface area contributed by atoms with E-state index in [1.165, 1.54) is 18.6 Å². The summed E-state index contributed by atoms with van der Waals surface area (Å²) < 4.78 is 0. The van der Waals surface area contributed by atoms with Gasteiger partial charge in [0.25, 0.3) is 0 Å². The van der Waals surface area contributed by atoms with Crippen LogP contribution in [-0.2, 0) is 4.79 Å². The number of rotatable bonds is 6. The van der Waals surface area contributed by atoms with E-state index in [9.17, 15) is 4.79 Å². The number of carbonyl (C=O) groups is 1. The largest absolute Gasteiger partial charge is 0.325 e. The third-order valence-corrected chi connectivity index (χ3v) is 5.56. The van der Waals surface area contributed by atoms with Crippen molar-refractivity contribution in [3.63, 3.8) is 0 Å². The lowest BCUT2D eigenvalue weighted by atomic mass is 10.0. The van der Waals surface area contributed by atoms with Gasteiger partial charge in [-0.1, -0.05) is 27.7 Å². The van der Waals surface area contributed by atoms with E-state index in [-0.39, 0.29) is 12.2 Å². The average molecular weight is 298 g/mol. The van der Waals surface area contributed by atoms with Gasteiger partial charge in [-0.25, -0.2) is 0 Å². The van der Waals surface area contributed by atoms with Gasteiger partial charge in [0.2, 0.25) is 5.91 Å². The summed E-state index contributed by atoms with van der Waals surface area (Å²) in [7, 11) is 0. The summed E-state index contributed by atoms with van der Waals surface area (Å²) in [6.07, 6.45) is 4.87. The Labute approximate surface area is 128 Å². The van der Waals surface area contributed by atoms with Crippen LogP contribution in [-0.4, -0.2) is 40.6 Å². The van der Waals surface area contributed by atoms with Crippen molar-refractivity contribution in [1.82, 2.24) is 10.2 Å². The Hall–Kier alpha value is -0.220. The first kappa shape index (κ1) is 16.2. The quantitative estimate of drug-likeness (QED) is 0.818. The van der Waals surface area contributed by atoms with Crippen LogP contribution in [0.3, 0.4) is 0 Å². The molecule has 0 saturated carbocycles. The predicted molar refractivity (Wildman–Crippen MR) is 86.8 cm³/mol. The molecule has 2 aliphatic heterocycles. The molecule has 0 aromatic heterocycles. The summed E-state index contributed by atoms with van der Waals surface area (Å²) in [5.74, 6) is 2.80. The zero-order valence-electron chi connectivity index (χ0n) is 13.4. The molecule has 20 heavy (non-hydrogen) atoms. The summed E-state index contributed by atoms with van der Waals surface area (Å²) >= 11 is 2.05. The fourth-order valence-corrected chi connectivity index (χ4v) is 4.52. The van der Waals surface area contributed by atoms with Crippen molar-refractivity contribution in [3.8, 4) is 0 Å². The van der Waals surface area contributed by atoms with Crippen molar-refractivity contribution < 1.29 is 4.79 Å². The van der Waals surface area contributed by atoms with E-state index in [0.29, 0.717) is 23.0 Å². The number of hydrogen-bond donors (Lipinski definition) is 1. The molecule has 3 nitrogen and oxygen atoms in total. The second kappa shape index (κ2) is 7.17. The first-order valence-electron chi connectivity index (χ1n) is 8.15. The molecule has 2 fully saturated rings. The second-order valence-electron chi connectivity index (χ2n) is 7.12. The lowest BCUT2D eigenvalue weighted by Gasteiger charge is -2.27. The monoisotopic (exact) mass is 298 g/mol. The van der Waals surface area contributed by atoms with Crippen LogP contribution >= 0.6 is 11.8 Å². The topological polar surface area (TPSA) is 32.3 Å². The van der Waals surface area contributed by atoms with Crippen LogP contribution in [0.5, 0.6) is 0 Å². The maximum Gasteiger partial charge on any atom is 0.241 e. The van der Waals surface area contributed by atoms with Gasteiger partial charge in [-0.2, -0.15) is 11.8 Å². The zero-order chi connectivity index (χ0) is 14.7. The smallest absolute Gasteiger partial charge is 0.241 e. The fourth-order valence-electron chi connectivity index (χ4n) is 3.25. The van der Waals surface area contributed by atoms with Gasteiger partial charge >= 0.3 is 0 Å². The maximum atomic E-state index is 12.7. The number of nitrogens with zero attached hydrogens (tertiary/aromatic N) is 1. The Kier molecular flexibility index (Phi) is 5.79. The molecule has 2 rings (SSSR count). The zero-order valence-corrected chi connectivity index (χ0v) is 14.2. The minimum atomic E-state index is 0.0464. The van der Waals surface area contributed by atoms with Crippen LogP contribution in [0.4, 0.5) is 0 Å². The van der Waals surface area contributed by atoms with Crippen LogP contribution in [0.2, 0.25) is 0 Å². The summed E-state index contributed by atoms with van der Waals surface area (Å²) in [4.78, 5) is 14.8. The number of thioether (sulfide) groups is 1. The SMILES string of the molecule is CC(C)CC1NC(CC(C)C)N(CC2CCCS2)C1=O. The highest BCUT2D eigenvalue weighted by atomic mass is 32.2. The van der Waals surface area contributed by atoms with Crippen molar-refractivity contribution in [2.45, 2.75) is 70.8 Å². The number of amides is 1. The van der Waals surface area contributed by atoms with E-state index >= 15 is 0 Å². The van der Waals surface area contributed by atoms with Crippen molar-refractivity contribution in [3.05, 3.63) is 0 Å². The van der Waals surface area contributed by atoms with Crippen LogP contribution in [0, 0.1) is 11.8 Å². The molecule has 2 aliphatic rings. The predicted octanol–water partition coefficient (Wildman–Crippen LogP) is 3.10. The molecular formula is C16H30N2OS. The molecule has 2 heterocycles. The van der Waals surface area contributed by atoms with E-state index in [4.69, 9.17) is 0 Å². The molecule has 3 atom stereocenters. The molecule has 0 aromatic rings. The van der Waals surface area contributed by atoms with Gasteiger partial charge in [0, 0.05) is 11.8 Å². The van der Waals surface area contributed by atoms with Crippen molar-refractivity contribution >= 4 is 17.7 Å². The molecule has 116 valence electrons. The molecule has 1 N–H and O–H groups in total. The molecular weight excluding hydrogens is 268 g/mol. The Morgan fingerprint density at radius 2 is 1.95 bits per heavy atom. The molecule has 4 heteroatoms. The minimum Gasteiger partial charge on any atom is -0.325 e. The summed E-state index contributed by atoms with van der Waals surface area (Å²) in [5.41, 5.74) is 0. The lowest BCUT2D eigenvalue weighted by molar-refractivity contribution is -0.130. The van der Waals surface area contributed by atoms with Gasteiger partial charge < -0.3 is 4.90 Å². The normalized spacial score (nSPS) is 31.0. The lowest BCUT2D eigenvalue weighted by Crippen LogP contribution is -2.41. The molecule has 1 amide bonds. The average Bonchev–Trinajstić information content (AvgIpc) is 2.93. The number of carbonyl (C=O) groups excluding carboxylic acids is 1. The molecule has 0 spiro atoms. The van der Waals surface area contributed by atoms with E-state index in [1.807, 2.05) is 11.8 Å². The fraction of sp³-hybridized carbons (Fsp3) is 0.938. The Bertz CT molecular complexity index is 326.